The van der Waals surface area contributed by atoms with Crippen LogP contribution in [0.25, 0.3) is 10.9 Å². The number of nitrogens with zero attached hydrogens (tertiary/aromatic N) is 6. The zero-order chi connectivity index (χ0) is 21.3. The van der Waals surface area contributed by atoms with Gasteiger partial charge in [0.1, 0.15) is 17.3 Å². The second kappa shape index (κ2) is 8.40. The van der Waals surface area contributed by atoms with Crippen molar-refractivity contribution in [2.45, 2.75) is 51.7 Å². The Balaban J connectivity index is 1.39. The molecule has 1 amide bonds. The molecule has 1 aliphatic heterocycles. The predicted molar refractivity (Wildman–Crippen MR) is 115 cm³/mol. The van der Waals surface area contributed by atoms with Crippen LogP contribution in [0.2, 0.25) is 0 Å². The molecule has 2 N–H and O–H groups in total. The quantitative estimate of drug-likeness (QED) is 0.771. The topological polar surface area (TPSA) is 110 Å². The lowest BCUT2D eigenvalue weighted by molar-refractivity contribution is -0.131. The highest BCUT2D eigenvalue weighted by Gasteiger charge is 2.35. The minimum atomic E-state index is 0.166. The van der Waals surface area contributed by atoms with Gasteiger partial charge in [0, 0.05) is 62.8 Å². The van der Waals surface area contributed by atoms with Crippen molar-refractivity contribution in [1.82, 2.24) is 24.8 Å². The van der Waals surface area contributed by atoms with E-state index in [4.69, 9.17) is 0 Å². The zero-order valence-corrected chi connectivity index (χ0v) is 17.7. The maximum Gasteiger partial charge on any atom is 0.223 e. The average molecular weight is 409 g/mol. The first-order chi connectivity index (χ1) is 14.4. The standard InChI is InChI=1S/C21H28N8O/c1-13(2)24-20-19-15(8-17(11-22)25-20)12-23-21(27-19)26-16-9-18(10-16)29-6-4-28(5-7-29)14(3)30/h8,12-13,16,18H,4-7,9-10H2,1-3H3,(H,24,25)(H,23,26,27)/t16-,18+. The van der Waals surface area contributed by atoms with E-state index in [9.17, 15) is 10.1 Å². The third-order valence-electron chi connectivity index (χ3n) is 5.83. The summed E-state index contributed by atoms with van der Waals surface area (Å²) in [6, 6.07) is 4.87. The molecule has 0 radical (unpaired) electrons. The van der Waals surface area contributed by atoms with Gasteiger partial charge in [-0.05, 0) is 32.8 Å². The summed E-state index contributed by atoms with van der Waals surface area (Å²) in [6.07, 6.45) is 3.84. The lowest BCUT2D eigenvalue weighted by atomic mass is 9.85. The number of hydrogen-bond acceptors (Lipinski definition) is 8. The van der Waals surface area contributed by atoms with Crippen LogP contribution >= 0.6 is 0 Å². The highest BCUT2D eigenvalue weighted by molar-refractivity contribution is 5.89. The van der Waals surface area contributed by atoms with Crippen LogP contribution in [0.4, 0.5) is 11.8 Å². The molecule has 1 saturated carbocycles. The molecule has 2 aliphatic rings. The van der Waals surface area contributed by atoms with Gasteiger partial charge in [0.15, 0.2) is 5.82 Å². The largest absolute Gasteiger partial charge is 0.366 e. The fourth-order valence-corrected chi connectivity index (χ4v) is 4.13. The SMILES string of the molecule is CC(=O)N1CCN([C@H]2C[C@@H](Nc3ncc4cc(C#N)nc(NC(C)C)c4n3)C2)CC1. The van der Waals surface area contributed by atoms with Gasteiger partial charge in [-0.2, -0.15) is 5.26 Å². The molecule has 0 unspecified atom stereocenters. The number of fused-ring (bicyclic) bond motifs is 1. The molecular weight excluding hydrogens is 380 g/mol. The minimum Gasteiger partial charge on any atom is -0.366 e. The van der Waals surface area contributed by atoms with Crippen molar-refractivity contribution in [3.63, 3.8) is 0 Å². The van der Waals surface area contributed by atoms with Crippen molar-refractivity contribution >= 4 is 28.6 Å². The van der Waals surface area contributed by atoms with Crippen molar-refractivity contribution in [2.24, 2.45) is 0 Å². The van der Waals surface area contributed by atoms with Gasteiger partial charge in [-0.3, -0.25) is 9.69 Å². The maximum atomic E-state index is 11.5. The lowest BCUT2D eigenvalue weighted by Gasteiger charge is -2.46. The first-order valence-electron chi connectivity index (χ1n) is 10.5. The Morgan fingerprint density at radius 1 is 1.23 bits per heavy atom. The summed E-state index contributed by atoms with van der Waals surface area (Å²) in [5, 5.41) is 16.7. The maximum absolute atomic E-state index is 11.5. The van der Waals surface area contributed by atoms with E-state index in [0.29, 0.717) is 29.5 Å². The molecular formula is C21H28N8O. The number of nitrogens with one attached hydrogen (secondary N) is 2. The number of nitriles is 1. The van der Waals surface area contributed by atoms with Gasteiger partial charge in [0.2, 0.25) is 11.9 Å². The number of piperazine rings is 1. The third-order valence-corrected chi connectivity index (χ3v) is 5.83. The summed E-state index contributed by atoms with van der Waals surface area (Å²) in [5.74, 6) is 1.36. The van der Waals surface area contributed by atoms with Crippen molar-refractivity contribution < 1.29 is 4.79 Å². The fraction of sp³-hybridized carbons (Fsp3) is 0.571. The van der Waals surface area contributed by atoms with Crippen molar-refractivity contribution in [2.75, 3.05) is 36.8 Å². The number of aromatic nitrogens is 3. The Morgan fingerprint density at radius 2 is 1.97 bits per heavy atom. The van der Waals surface area contributed by atoms with E-state index in [1.54, 1.807) is 19.2 Å². The van der Waals surface area contributed by atoms with Gasteiger partial charge in [-0.15, -0.1) is 0 Å². The molecule has 0 atom stereocenters. The summed E-state index contributed by atoms with van der Waals surface area (Å²) in [7, 11) is 0. The Labute approximate surface area is 176 Å². The molecule has 1 saturated heterocycles. The number of pyridine rings is 1. The van der Waals surface area contributed by atoms with Crippen LogP contribution < -0.4 is 10.6 Å². The first kappa shape index (κ1) is 20.3. The van der Waals surface area contributed by atoms with E-state index in [0.717, 1.165) is 49.9 Å². The third kappa shape index (κ3) is 4.28. The van der Waals surface area contributed by atoms with Crippen LogP contribution in [0.3, 0.4) is 0 Å². The smallest absolute Gasteiger partial charge is 0.223 e. The normalized spacial score (nSPS) is 21.9. The Morgan fingerprint density at radius 3 is 2.60 bits per heavy atom. The molecule has 2 aromatic heterocycles. The van der Waals surface area contributed by atoms with Gasteiger partial charge in [-0.25, -0.2) is 15.0 Å². The van der Waals surface area contributed by atoms with E-state index in [-0.39, 0.29) is 11.9 Å². The number of anilines is 2. The number of rotatable bonds is 5. The summed E-state index contributed by atoms with van der Waals surface area (Å²) in [6.45, 7) is 9.22. The second-order valence-electron chi connectivity index (χ2n) is 8.41. The molecule has 158 valence electrons. The molecule has 0 bridgehead atoms. The van der Waals surface area contributed by atoms with Crippen LogP contribution in [0.15, 0.2) is 12.3 Å². The van der Waals surface area contributed by atoms with Crippen LogP contribution in [-0.4, -0.2) is 75.0 Å². The monoisotopic (exact) mass is 408 g/mol. The van der Waals surface area contributed by atoms with Crippen molar-refractivity contribution in [1.29, 1.82) is 5.26 Å². The van der Waals surface area contributed by atoms with Crippen LogP contribution in [0.1, 0.15) is 39.3 Å². The Bertz CT molecular complexity index is 971. The molecule has 2 aromatic rings. The van der Waals surface area contributed by atoms with E-state index >= 15 is 0 Å². The molecule has 9 heteroatoms. The number of carbonyl (C=O) groups excluding carboxylic acids is 1. The minimum absolute atomic E-state index is 0.166. The first-order valence-corrected chi connectivity index (χ1v) is 10.5. The average Bonchev–Trinajstić information content (AvgIpc) is 2.70. The molecule has 2 fully saturated rings. The molecule has 1 aliphatic carbocycles. The molecule has 0 spiro atoms. The Kier molecular flexibility index (Phi) is 5.68. The molecule has 3 heterocycles. The van der Waals surface area contributed by atoms with Gasteiger partial charge in [0.25, 0.3) is 0 Å². The van der Waals surface area contributed by atoms with E-state index in [1.165, 1.54) is 0 Å². The van der Waals surface area contributed by atoms with Gasteiger partial charge in [0.05, 0.1) is 0 Å². The molecule has 4 rings (SSSR count). The molecule has 9 nitrogen and oxygen atoms in total. The number of carbonyl (C=O) groups is 1. The summed E-state index contributed by atoms with van der Waals surface area (Å²) in [5.41, 5.74) is 1.07. The van der Waals surface area contributed by atoms with Crippen molar-refractivity contribution in [3.05, 3.63) is 18.0 Å². The number of hydrogen-bond donors (Lipinski definition) is 2. The van der Waals surface area contributed by atoms with Gasteiger partial charge >= 0.3 is 0 Å². The van der Waals surface area contributed by atoms with Gasteiger partial charge in [-0.1, -0.05) is 0 Å². The van der Waals surface area contributed by atoms with E-state index < -0.39 is 0 Å². The summed E-state index contributed by atoms with van der Waals surface area (Å²) in [4.78, 5) is 29.4. The highest BCUT2D eigenvalue weighted by Crippen LogP contribution is 2.29. The van der Waals surface area contributed by atoms with Crippen LogP contribution in [-0.2, 0) is 4.79 Å². The second-order valence-corrected chi connectivity index (χ2v) is 8.41. The summed E-state index contributed by atoms with van der Waals surface area (Å²) < 4.78 is 0. The molecule has 30 heavy (non-hydrogen) atoms. The lowest BCUT2D eigenvalue weighted by Crippen LogP contribution is -2.57. The number of amides is 1. The fourth-order valence-electron chi connectivity index (χ4n) is 4.13. The van der Waals surface area contributed by atoms with E-state index in [2.05, 4.69) is 36.6 Å². The van der Waals surface area contributed by atoms with Crippen LogP contribution in [0, 0.1) is 11.3 Å². The predicted octanol–water partition coefficient (Wildman–Crippen LogP) is 1.82. The Hall–Kier alpha value is -2.99. The summed E-state index contributed by atoms with van der Waals surface area (Å²) >= 11 is 0. The molecule has 0 aromatic carbocycles. The van der Waals surface area contributed by atoms with Gasteiger partial charge < -0.3 is 15.5 Å². The highest BCUT2D eigenvalue weighted by atomic mass is 16.2. The zero-order valence-electron chi connectivity index (χ0n) is 17.7. The van der Waals surface area contributed by atoms with Crippen molar-refractivity contribution in [3.8, 4) is 6.07 Å². The van der Waals surface area contributed by atoms with Crippen LogP contribution in [0.5, 0.6) is 0 Å². The van der Waals surface area contributed by atoms with E-state index in [1.807, 2.05) is 18.7 Å².